The molecule has 1 aromatic rings. The van der Waals surface area contributed by atoms with Crippen LogP contribution in [0.3, 0.4) is 0 Å². The average Bonchev–Trinajstić information content (AvgIpc) is 3.11. The number of hydrogen-bond acceptors (Lipinski definition) is 2. The van der Waals surface area contributed by atoms with Gasteiger partial charge in [0.15, 0.2) is 0 Å². The molecule has 0 N–H and O–H groups in total. The molecule has 20 heavy (non-hydrogen) atoms. The Hall–Kier alpha value is -1.90. The molecule has 0 radical (unpaired) electrons. The van der Waals surface area contributed by atoms with Crippen LogP contribution in [0.2, 0.25) is 0 Å². The van der Waals surface area contributed by atoms with Crippen molar-refractivity contribution in [3.63, 3.8) is 0 Å². The number of carbonyl (C=O) groups is 2. The fraction of sp³-hybridized carbons (Fsp3) is 0.412. The van der Waals surface area contributed by atoms with Crippen molar-refractivity contribution in [2.45, 2.75) is 19.9 Å². The van der Waals surface area contributed by atoms with Crippen LogP contribution in [0.4, 0.5) is 0 Å². The summed E-state index contributed by atoms with van der Waals surface area (Å²) in [4.78, 5) is 26.5. The van der Waals surface area contributed by atoms with Gasteiger partial charge in [0.25, 0.3) is 0 Å². The fourth-order valence-electron chi connectivity index (χ4n) is 4.00. The van der Waals surface area contributed by atoms with Crippen LogP contribution in [0.5, 0.6) is 0 Å². The second kappa shape index (κ2) is 4.05. The predicted octanol–water partition coefficient (Wildman–Crippen LogP) is 2.30. The Kier molecular flexibility index (Phi) is 2.40. The first-order chi connectivity index (χ1) is 9.65. The molecule has 0 unspecified atom stereocenters. The summed E-state index contributed by atoms with van der Waals surface area (Å²) in [5, 5.41) is 0. The molecule has 1 saturated heterocycles. The molecule has 102 valence electrons. The van der Waals surface area contributed by atoms with Crippen molar-refractivity contribution in [2.75, 3.05) is 0 Å². The molecule has 3 heteroatoms. The molecule has 1 heterocycles. The first-order valence-electron chi connectivity index (χ1n) is 7.24. The van der Waals surface area contributed by atoms with Crippen molar-refractivity contribution in [3.05, 3.63) is 47.5 Å². The largest absolute Gasteiger partial charge is 0.278 e. The monoisotopic (exact) mass is 267 g/mol. The maximum atomic E-state index is 12.5. The van der Waals surface area contributed by atoms with E-state index in [1.54, 1.807) is 0 Å². The summed E-state index contributed by atoms with van der Waals surface area (Å²) in [7, 11) is 0. The summed E-state index contributed by atoms with van der Waals surface area (Å²) in [5.41, 5.74) is 2.21. The zero-order chi connectivity index (χ0) is 13.9. The van der Waals surface area contributed by atoms with Crippen LogP contribution in [0, 0.1) is 30.6 Å². The van der Waals surface area contributed by atoms with Gasteiger partial charge in [-0.05, 0) is 30.7 Å². The highest BCUT2D eigenvalue weighted by molar-refractivity contribution is 6.06. The van der Waals surface area contributed by atoms with Gasteiger partial charge in [-0.2, -0.15) is 0 Å². The number of likely N-dealkylation sites (tertiary alicyclic amines) is 1. The van der Waals surface area contributed by atoms with Crippen LogP contribution in [-0.4, -0.2) is 16.7 Å². The highest BCUT2D eigenvalue weighted by Gasteiger charge is 2.59. The van der Waals surface area contributed by atoms with E-state index in [4.69, 9.17) is 0 Å². The van der Waals surface area contributed by atoms with Crippen molar-refractivity contribution in [1.82, 2.24) is 4.90 Å². The number of fused-ring (bicyclic) bond motifs is 5. The molecular weight excluding hydrogens is 250 g/mol. The van der Waals surface area contributed by atoms with Gasteiger partial charge in [-0.1, -0.05) is 42.0 Å². The van der Waals surface area contributed by atoms with Crippen LogP contribution >= 0.6 is 0 Å². The third kappa shape index (κ3) is 1.52. The van der Waals surface area contributed by atoms with Gasteiger partial charge in [0.05, 0.1) is 18.4 Å². The molecule has 0 spiro atoms. The molecule has 0 aromatic heterocycles. The van der Waals surface area contributed by atoms with Crippen LogP contribution < -0.4 is 0 Å². The van der Waals surface area contributed by atoms with Crippen molar-refractivity contribution >= 4 is 11.8 Å². The average molecular weight is 267 g/mol. The Morgan fingerprint density at radius 3 is 2.10 bits per heavy atom. The number of aryl methyl sites for hydroxylation is 1. The van der Waals surface area contributed by atoms with Crippen molar-refractivity contribution in [2.24, 2.45) is 23.7 Å². The summed E-state index contributed by atoms with van der Waals surface area (Å²) in [6.45, 7) is 2.45. The van der Waals surface area contributed by atoms with Crippen LogP contribution in [0.15, 0.2) is 36.4 Å². The summed E-state index contributed by atoms with van der Waals surface area (Å²) in [5.74, 6) is 0.509. The lowest BCUT2D eigenvalue weighted by Gasteiger charge is -2.17. The van der Waals surface area contributed by atoms with Gasteiger partial charge >= 0.3 is 0 Å². The SMILES string of the molecule is Cc1ccc(CN2C(=O)[C@H]3[C@H](C2=O)[C@H]2C=C[C@H]3C2)cc1. The van der Waals surface area contributed by atoms with E-state index in [1.165, 1.54) is 10.5 Å². The van der Waals surface area contributed by atoms with Crippen molar-refractivity contribution < 1.29 is 9.59 Å². The Balaban J connectivity index is 1.60. The normalized spacial score (nSPS) is 34.1. The third-order valence-corrected chi connectivity index (χ3v) is 5.02. The quantitative estimate of drug-likeness (QED) is 0.609. The van der Waals surface area contributed by atoms with Gasteiger partial charge in [-0.25, -0.2) is 0 Å². The van der Waals surface area contributed by atoms with Crippen LogP contribution in [0.1, 0.15) is 17.5 Å². The molecule has 3 aliphatic rings. The maximum absolute atomic E-state index is 12.5. The molecular formula is C17H17NO2. The number of nitrogens with zero attached hydrogens (tertiary/aromatic N) is 1. The smallest absolute Gasteiger partial charge is 0.234 e. The van der Waals surface area contributed by atoms with E-state index in [1.807, 2.05) is 31.2 Å². The zero-order valence-corrected chi connectivity index (χ0v) is 11.5. The lowest BCUT2D eigenvalue weighted by molar-refractivity contribution is -0.141. The number of rotatable bonds is 2. The highest BCUT2D eigenvalue weighted by atomic mass is 16.2. The van der Waals surface area contributed by atoms with E-state index < -0.39 is 0 Å². The van der Waals surface area contributed by atoms with Gasteiger partial charge < -0.3 is 0 Å². The van der Waals surface area contributed by atoms with E-state index in [-0.39, 0.29) is 23.7 Å². The van der Waals surface area contributed by atoms with Gasteiger partial charge in [0.2, 0.25) is 11.8 Å². The lowest BCUT2D eigenvalue weighted by atomic mass is 9.85. The minimum atomic E-state index is -0.0806. The second-order valence-corrected chi connectivity index (χ2v) is 6.25. The van der Waals surface area contributed by atoms with Crippen LogP contribution in [-0.2, 0) is 16.1 Å². The Morgan fingerprint density at radius 2 is 1.55 bits per heavy atom. The molecule has 2 amide bonds. The van der Waals surface area contributed by atoms with E-state index in [0.717, 1.165) is 12.0 Å². The lowest BCUT2D eigenvalue weighted by Crippen LogP contribution is -2.32. The zero-order valence-electron chi connectivity index (χ0n) is 11.5. The van der Waals surface area contributed by atoms with Gasteiger partial charge in [0, 0.05) is 0 Å². The first kappa shape index (κ1) is 11.9. The highest BCUT2D eigenvalue weighted by Crippen LogP contribution is 2.52. The predicted molar refractivity (Wildman–Crippen MR) is 74.5 cm³/mol. The van der Waals surface area contributed by atoms with E-state index in [9.17, 15) is 9.59 Å². The third-order valence-electron chi connectivity index (χ3n) is 5.02. The molecule has 3 nitrogen and oxygen atoms in total. The maximum Gasteiger partial charge on any atom is 0.234 e. The molecule has 2 bridgehead atoms. The summed E-state index contributed by atoms with van der Waals surface area (Å²) in [6, 6.07) is 8.03. The molecule has 4 atom stereocenters. The number of hydrogen-bond donors (Lipinski definition) is 0. The Morgan fingerprint density at radius 1 is 1.00 bits per heavy atom. The molecule has 1 aromatic carbocycles. The van der Waals surface area contributed by atoms with Gasteiger partial charge in [-0.15, -0.1) is 0 Å². The number of imide groups is 1. The van der Waals surface area contributed by atoms with E-state index in [0.29, 0.717) is 18.4 Å². The first-order valence-corrected chi connectivity index (χ1v) is 7.24. The van der Waals surface area contributed by atoms with Gasteiger partial charge in [0.1, 0.15) is 0 Å². The molecule has 2 fully saturated rings. The van der Waals surface area contributed by atoms with Crippen molar-refractivity contribution in [3.8, 4) is 0 Å². The molecule has 1 aliphatic heterocycles. The standard InChI is InChI=1S/C17H17NO2/c1-10-2-4-11(5-3-10)9-18-16(19)14-12-6-7-13(8-12)15(14)17(18)20/h2-7,12-15H,8-9H2,1H3/t12-,13-,14+,15+/m0/s1. The van der Waals surface area contributed by atoms with E-state index >= 15 is 0 Å². The molecule has 1 saturated carbocycles. The summed E-state index contributed by atoms with van der Waals surface area (Å²) < 4.78 is 0. The molecule has 4 rings (SSSR count). The number of carbonyl (C=O) groups excluding carboxylic acids is 2. The second-order valence-electron chi connectivity index (χ2n) is 6.25. The van der Waals surface area contributed by atoms with Gasteiger partial charge in [-0.3, -0.25) is 14.5 Å². The summed E-state index contributed by atoms with van der Waals surface area (Å²) in [6.07, 6.45) is 5.25. The Bertz CT molecular complexity index is 586. The number of benzene rings is 1. The number of amides is 2. The minimum absolute atomic E-state index is 0.0393. The number of allylic oxidation sites excluding steroid dienone is 2. The van der Waals surface area contributed by atoms with Crippen molar-refractivity contribution in [1.29, 1.82) is 0 Å². The summed E-state index contributed by atoms with van der Waals surface area (Å²) >= 11 is 0. The Labute approximate surface area is 118 Å². The van der Waals surface area contributed by atoms with Crippen LogP contribution in [0.25, 0.3) is 0 Å². The fourth-order valence-corrected chi connectivity index (χ4v) is 4.00. The topological polar surface area (TPSA) is 37.4 Å². The minimum Gasteiger partial charge on any atom is -0.278 e. The van der Waals surface area contributed by atoms with E-state index in [2.05, 4.69) is 12.2 Å². The molecule has 2 aliphatic carbocycles.